The van der Waals surface area contributed by atoms with E-state index >= 15 is 0 Å². The van der Waals surface area contributed by atoms with Gasteiger partial charge in [0.05, 0.1) is 13.2 Å². The number of aliphatic hydroxyl groups is 5. The lowest BCUT2D eigenvalue weighted by Crippen LogP contribution is -2.48. The van der Waals surface area contributed by atoms with Gasteiger partial charge in [-0.1, -0.05) is 0 Å². The second-order valence-electron chi connectivity index (χ2n) is 5.60. The van der Waals surface area contributed by atoms with Crippen molar-refractivity contribution < 1.29 is 49.3 Å². The molecule has 0 aliphatic carbocycles. The van der Waals surface area contributed by atoms with Crippen LogP contribution in [0.25, 0.3) is 0 Å². The highest BCUT2D eigenvalue weighted by atomic mass is 16.7. The van der Waals surface area contributed by atoms with E-state index < -0.39 is 67.9 Å². The number of aliphatic hydroxyl groups excluding tert-OH is 5. The quantitative estimate of drug-likeness (QED) is 0.300. The van der Waals surface area contributed by atoms with E-state index in [1.807, 2.05) is 0 Å². The Balaban J connectivity index is 2.84. The van der Waals surface area contributed by atoms with Crippen LogP contribution in [0.15, 0.2) is 0 Å². The maximum atomic E-state index is 12.2. The number of carbonyl (C=O) groups excluding carboxylic acids is 2. The van der Waals surface area contributed by atoms with Crippen LogP contribution in [0.3, 0.4) is 0 Å². The van der Waals surface area contributed by atoms with Crippen LogP contribution in [0, 0.1) is 5.41 Å². The smallest absolute Gasteiger partial charge is 0.318 e. The van der Waals surface area contributed by atoms with E-state index in [0.29, 0.717) is 0 Å². The fourth-order valence-electron chi connectivity index (χ4n) is 1.92. The van der Waals surface area contributed by atoms with Crippen LogP contribution in [-0.2, 0) is 23.8 Å². The molecule has 1 saturated heterocycles. The lowest BCUT2D eigenvalue weighted by Gasteiger charge is -2.29. The Morgan fingerprint density at radius 1 is 1.30 bits per heavy atom. The van der Waals surface area contributed by atoms with Gasteiger partial charge in [0.15, 0.2) is 12.4 Å². The zero-order valence-corrected chi connectivity index (χ0v) is 12.8. The van der Waals surface area contributed by atoms with Gasteiger partial charge in [-0.15, -0.1) is 0 Å². The third-order valence-electron chi connectivity index (χ3n) is 3.49. The monoisotopic (exact) mass is 338 g/mol. The molecule has 0 aromatic carbocycles. The van der Waals surface area contributed by atoms with Crippen molar-refractivity contribution >= 4 is 11.9 Å². The molecule has 2 unspecified atom stereocenters. The highest BCUT2D eigenvalue weighted by Gasteiger charge is 2.50. The number of ether oxygens (including phenoxy) is 3. The Morgan fingerprint density at radius 2 is 1.91 bits per heavy atom. The van der Waals surface area contributed by atoms with Gasteiger partial charge in [-0.3, -0.25) is 9.59 Å². The summed E-state index contributed by atoms with van der Waals surface area (Å²) in [6.07, 6.45) is -7.70. The Labute approximate surface area is 132 Å². The van der Waals surface area contributed by atoms with Crippen LogP contribution in [0.1, 0.15) is 13.8 Å². The normalized spacial score (nSPS) is 31.3. The minimum absolute atomic E-state index is 0.461. The molecule has 1 fully saturated rings. The summed E-state index contributed by atoms with van der Waals surface area (Å²) in [6, 6.07) is 0. The molecule has 23 heavy (non-hydrogen) atoms. The topological polar surface area (TPSA) is 163 Å². The molecule has 0 radical (unpaired) electrons. The van der Waals surface area contributed by atoms with Crippen molar-refractivity contribution in [3.8, 4) is 0 Å². The van der Waals surface area contributed by atoms with Gasteiger partial charge in [0.2, 0.25) is 0 Å². The molecule has 1 aliphatic rings. The zero-order chi connectivity index (χ0) is 17.8. The lowest BCUT2D eigenvalue weighted by atomic mass is 9.93. The summed E-state index contributed by atoms with van der Waals surface area (Å²) in [5.41, 5.74) is -1.60. The van der Waals surface area contributed by atoms with Gasteiger partial charge in [-0.2, -0.15) is 0 Å². The van der Waals surface area contributed by atoms with Crippen LogP contribution in [0.4, 0.5) is 0 Å². The van der Waals surface area contributed by atoms with E-state index in [2.05, 4.69) is 0 Å². The Bertz CT molecular complexity index is 427. The second-order valence-corrected chi connectivity index (χ2v) is 5.60. The molecular weight excluding hydrogens is 316 g/mol. The minimum atomic E-state index is -1.71. The van der Waals surface area contributed by atoms with Gasteiger partial charge in [-0.25, -0.2) is 0 Å². The molecule has 1 aliphatic heterocycles. The van der Waals surface area contributed by atoms with Gasteiger partial charge in [-0.05, 0) is 6.92 Å². The Morgan fingerprint density at radius 3 is 2.39 bits per heavy atom. The minimum Gasteiger partial charge on any atom is -0.465 e. The van der Waals surface area contributed by atoms with Crippen LogP contribution >= 0.6 is 0 Å². The number of hydrogen-bond donors (Lipinski definition) is 5. The third-order valence-corrected chi connectivity index (χ3v) is 3.49. The standard InChI is InChI=1S/C13H22O10/c1-6(16)21-5-13(2,4-15)12(20)23-10-8(18)11(19)22-9(10)7(17)3-14/h7-11,14-15,17-19H,3-5H2,1-2H3/t7?,8-,9-,10-,11+,13?/m1/s1. The van der Waals surface area contributed by atoms with Crippen molar-refractivity contribution in [1.82, 2.24) is 0 Å². The summed E-state index contributed by atoms with van der Waals surface area (Å²) >= 11 is 0. The third kappa shape index (κ3) is 4.59. The fourth-order valence-corrected chi connectivity index (χ4v) is 1.92. The molecule has 1 heterocycles. The first-order chi connectivity index (χ1) is 10.7. The van der Waals surface area contributed by atoms with Crippen molar-refractivity contribution in [3.63, 3.8) is 0 Å². The van der Waals surface area contributed by atoms with E-state index in [1.165, 1.54) is 6.92 Å². The molecule has 0 aromatic heterocycles. The number of hydrogen-bond acceptors (Lipinski definition) is 10. The van der Waals surface area contributed by atoms with Crippen molar-refractivity contribution in [2.24, 2.45) is 5.41 Å². The maximum absolute atomic E-state index is 12.2. The summed E-state index contributed by atoms with van der Waals surface area (Å²) in [5, 5.41) is 47.1. The summed E-state index contributed by atoms with van der Waals surface area (Å²) in [5.74, 6) is -1.69. The summed E-state index contributed by atoms with van der Waals surface area (Å²) < 4.78 is 14.6. The highest BCUT2D eigenvalue weighted by molar-refractivity contribution is 5.77. The molecule has 1 rings (SSSR count). The molecule has 5 N–H and O–H groups in total. The molecule has 134 valence electrons. The first-order valence-corrected chi connectivity index (χ1v) is 6.92. The summed E-state index contributed by atoms with van der Waals surface area (Å²) in [4.78, 5) is 23.0. The van der Waals surface area contributed by atoms with Gasteiger partial charge >= 0.3 is 11.9 Å². The molecule has 6 atom stereocenters. The largest absolute Gasteiger partial charge is 0.465 e. The van der Waals surface area contributed by atoms with Crippen molar-refractivity contribution in [2.45, 2.75) is 44.6 Å². The summed E-state index contributed by atoms with van der Waals surface area (Å²) in [6.45, 7) is 0.481. The zero-order valence-electron chi connectivity index (χ0n) is 12.8. The number of rotatable bonds is 7. The van der Waals surface area contributed by atoms with Gasteiger partial charge in [0, 0.05) is 6.92 Å². The molecule has 10 heteroatoms. The summed E-state index contributed by atoms with van der Waals surface area (Å²) in [7, 11) is 0. The Kier molecular flexibility index (Phi) is 6.86. The van der Waals surface area contributed by atoms with Crippen LogP contribution in [-0.4, -0.2) is 88.0 Å². The van der Waals surface area contributed by atoms with Crippen LogP contribution < -0.4 is 0 Å². The van der Waals surface area contributed by atoms with Crippen LogP contribution in [0.5, 0.6) is 0 Å². The second kappa shape index (κ2) is 7.99. The predicted molar refractivity (Wildman–Crippen MR) is 71.7 cm³/mol. The first-order valence-electron chi connectivity index (χ1n) is 6.92. The van der Waals surface area contributed by atoms with E-state index in [1.54, 1.807) is 0 Å². The maximum Gasteiger partial charge on any atom is 0.318 e. The van der Waals surface area contributed by atoms with E-state index in [9.17, 15) is 30.0 Å². The van der Waals surface area contributed by atoms with Crippen molar-refractivity contribution in [2.75, 3.05) is 19.8 Å². The average Bonchev–Trinajstić information content (AvgIpc) is 2.80. The van der Waals surface area contributed by atoms with E-state index in [0.717, 1.165) is 6.92 Å². The van der Waals surface area contributed by atoms with Crippen LogP contribution in [0.2, 0.25) is 0 Å². The molecule has 0 amide bonds. The van der Waals surface area contributed by atoms with E-state index in [-0.39, 0.29) is 0 Å². The highest BCUT2D eigenvalue weighted by Crippen LogP contribution is 2.28. The molecule has 10 nitrogen and oxygen atoms in total. The van der Waals surface area contributed by atoms with Gasteiger partial charge < -0.3 is 39.7 Å². The SMILES string of the molecule is CC(=O)OCC(C)(CO)C(=O)O[C@@H]1[C@@H](O)[C@@H](O)O[C@@H]1C(O)CO. The molecular formula is C13H22O10. The molecule has 0 aromatic rings. The molecule has 0 spiro atoms. The lowest BCUT2D eigenvalue weighted by molar-refractivity contribution is -0.179. The fraction of sp³-hybridized carbons (Fsp3) is 0.846. The predicted octanol–water partition coefficient (Wildman–Crippen LogP) is -3.11. The first kappa shape index (κ1) is 19.7. The number of esters is 2. The van der Waals surface area contributed by atoms with Crippen molar-refractivity contribution in [1.29, 1.82) is 0 Å². The Hall–Kier alpha value is -1.30. The van der Waals surface area contributed by atoms with Gasteiger partial charge in [0.1, 0.15) is 30.3 Å². The molecule has 0 bridgehead atoms. The van der Waals surface area contributed by atoms with Crippen molar-refractivity contribution in [3.05, 3.63) is 0 Å². The average molecular weight is 338 g/mol. The van der Waals surface area contributed by atoms with E-state index in [4.69, 9.17) is 19.3 Å². The molecule has 0 saturated carbocycles. The van der Waals surface area contributed by atoms with Gasteiger partial charge in [0.25, 0.3) is 0 Å². The number of carbonyl (C=O) groups is 2.